The molecule has 0 aromatic carbocycles. The summed E-state index contributed by atoms with van der Waals surface area (Å²) in [6.07, 6.45) is 4.86. The standard InChI is InChI=1S/C15H26O2/c1-10-12-9-11(14(2,3)17)5-7-15(12,4)8-6-13(10)16/h11-13,16-17H,1,5-9H2,2-4H3/t11-,12+,13-,15+/m0/s1. The lowest BCUT2D eigenvalue weighted by molar-refractivity contribution is -0.0509. The van der Waals surface area contributed by atoms with Crippen molar-refractivity contribution in [1.29, 1.82) is 0 Å². The van der Waals surface area contributed by atoms with Crippen molar-refractivity contribution in [3.63, 3.8) is 0 Å². The van der Waals surface area contributed by atoms with Gasteiger partial charge in [0.05, 0.1) is 11.7 Å². The van der Waals surface area contributed by atoms with Crippen LogP contribution in [0.2, 0.25) is 0 Å². The molecule has 0 amide bonds. The zero-order chi connectivity index (χ0) is 12.8. The molecule has 98 valence electrons. The molecule has 0 aromatic rings. The smallest absolute Gasteiger partial charge is 0.0750 e. The maximum Gasteiger partial charge on any atom is 0.0750 e. The zero-order valence-electron chi connectivity index (χ0n) is 11.4. The van der Waals surface area contributed by atoms with Gasteiger partial charge >= 0.3 is 0 Å². The van der Waals surface area contributed by atoms with E-state index < -0.39 is 5.60 Å². The monoisotopic (exact) mass is 238 g/mol. The van der Waals surface area contributed by atoms with Crippen LogP contribution >= 0.6 is 0 Å². The second-order valence-electron chi connectivity index (χ2n) is 6.96. The SMILES string of the molecule is C=C1[C@H]2C[C@@H](C(C)(C)O)CC[C@]2(C)CC[C@@H]1O. The fraction of sp³-hybridized carbons (Fsp3) is 0.867. The van der Waals surface area contributed by atoms with Crippen molar-refractivity contribution in [3.05, 3.63) is 12.2 Å². The van der Waals surface area contributed by atoms with Crippen LogP contribution in [0.25, 0.3) is 0 Å². The van der Waals surface area contributed by atoms with Gasteiger partial charge in [0, 0.05) is 0 Å². The molecule has 2 aliphatic carbocycles. The van der Waals surface area contributed by atoms with Crippen molar-refractivity contribution in [2.75, 3.05) is 0 Å². The minimum Gasteiger partial charge on any atom is -0.390 e. The van der Waals surface area contributed by atoms with Crippen molar-refractivity contribution in [3.8, 4) is 0 Å². The minimum atomic E-state index is -0.607. The largest absolute Gasteiger partial charge is 0.390 e. The average molecular weight is 238 g/mol. The molecule has 2 N–H and O–H groups in total. The molecule has 2 saturated carbocycles. The lowest BCUT2D eigenvalue weighted by Gasteiger charge is -2.51. The highest BCUT2D eigenvalue weighted by molar-refractivity contribution is 5.17. The van der Waals surface area contributed by atoms with Gasteiger partial charge in [0.1, 0.15) is 0 Å². The molecule has 0 aromatic heterocycles. The van der Waals surface area contributed by atoms with Crippen LogP contribution in [0.3, 0.4) is 0 Å². The summed E-state index contributed by atoms with van der Waals surface area (Å²) in [5, 5.41) is 20.1. The Hall–Kier alpha value is -0.340. The van der Waals surface area contributed by atoms with Gasteiger partial charge in [-0.1, -0.05) is 13.5 Å². The highest BCUT2D eigenvalue weighted by atomic mass is 16.3. The highest BCUT2D eigenvalue weighted by Crippen LogP contribution is 2.54. The molecule has 0 aliphatic heterocycles. The molecule has 0 radical (unpaired) electrons. The summed E-state index contributed by atoms with van der Waals surface area (Å²) in [4.78, 5) is 0. The van der Waals surface area contributed by atoms with Crippen LogP contribution in [0.4, 0.5) is 0 Å². The fourth-order valence-electron chi connectivity index (χ4n) is 3.79. The van der Waals surface area contributed by atoms with Crippen LogP contribution in [-0.2, 0) is 0 Å². The first-order chi connectivity index (χ1) is 7.74. The predicted molar refractivity (Wildman–Crippen MR) is 69.6 cm³/mol. The van der Waals surface area contributed by atoms with E-state index in [1.54, 1.807) is 0 Å². The van der Waals surface area contributed by atoms with Gasteiger partial charge in [0.25, 0.3) is 0 Å². The maximum atomic E-state index is 10.2. The number of hydrogen-bond acceptors (Lipinski definition) is 2. The summed E-state index contributed by atoms with van der Waals surface area (Å²) in [7, 11) is 0. The molecular formula is C15H26O2. The molecule has 0 unspecified atom stereocenters. The Morgan fingerprint density at radius 2 is 1.88 bits per heavy atom. The highest BCUT2D eigenvalue weighted by Gasteiger charge is 2.47. The predicted octanol–water partition coefficient (Wildman–Crippen LogP) is 2.89. The van der Waals surface area contributed by atoms with Crippen molar-refractivity contribution in [2.24, 2.45) is 17.3 Å². The molecule has 17 heavy (non-hydrogen) atoms. The Labute approximate surface area is 105 Å². The Morgan fingerprint density at radius 1 is 1.29 bits per heavy atom. The third-order valence-electron chi connectivity index (χ3n) is 5.29. The van der Waals surface area contributed by atoms with Crippen LogP contribution in [0.5, 0.6) is 0 Å². The van der Waals surface area contributed by atoms with E-state index in [0.717, 1.165) is 37.7 Å². The average Bonchev–Trinajstić information content (AvgIpc) is 2.22. The Kier molecular flexibility index (Phi) is 3.16. The van der Waals surface area contributed by atoms with Gasteiger partial charge in [0.15, 0.2) is 0 Å². The quantitative estimate of drug-likeness (QED) is 0.690. The van der Waals surface area contributed by atoms with E-state index in [-0.39, 0.29) is 6.10 Å². The summed E-state index contributed by atoms with van der Waals surface area (Å²) >= 11 is 0. The van der Waals surface area contributed by atoms with E-state index >= 15 is 0 Å². The van der Waals surface area contributed by atoms with Gasteiger partial charge in [-0.05, 0) is 68.8 Å². The van der Waals surface area contributed by atoms with Gasteiger partial charge < -0.3 is 10.2 Å². The molecule has 0 bridgehead atoms. The normalized spacial score (nSPS) is 43.4. The van der Waals surface area contributed by atoms with E-state index in [1.165, 1.54) is 0 Å². The van der Waals surface area contributed by atoms with Crippen LogP contribution in [0.15, 0.2) is 12.2 Å². The summed E-state index contributed by atoms with van der Waals surface area (Å²) in [5.74, 6) is 0.721. The number of hydrogen-bond donors (Lipinski definition) is 2. The first-order valence-corrected chi connectivity index (χ1v) is 6.83. The number of aliphatic hydroxyl groups is 2. The number of rotatable bonds is 1. The maximum absolute atomic E-state index is 10.2. The molecule has 0 spiro atoms. The second kappa shape index (κ2) is 4.10. The van der Waals surface area contributed by atoms with E-state index in [2.05, 4.69) is 13.5 Å². The summed E-state index contributed by atoms with van der Waals surface area (Å²) < 4.78 is 0. The Bertz CT molecular complexity index is 315. The van der Waals surface area contributed by atoms with Crippen molar-refractivity contribution >= 4 is 0 Å². The summed E-state index contributed by atoms with van der Waals surface area (Å²) in [6.45, 7) is 10.2. The lowest BCUT2D eigenvalue weighted by atomic mass is 9.55. The number of fused-ring (bicyclic) bond motifs is 1. The topological polar surface area (TPSA) is 40.5 Å². The fourth-order valence-corrected chi connectivity index (χ4v) is 3.79. The summed E-state index contributed by atoms with van der Waals surface area (Å²) in [5.41, 5.74) is 0.704. The van der Waals surface area contributed by atoms with Gasteiger partial charge in [0.2, 0.25) is 0 Å². The molecular weight excluding hydrogens is 212 g/mol. The zero-order valence-corrected chi connectivity index (χ0v) is 11.4. The first-order valence-electron chi connectivity index (χ1n) is 6.83. The Morgan fingerprint density at radius 3 is 2.47 bits per heavy atom. The van der Waals surface area contributed by atoms with Gasteiger partial charge in [-0.2, -0.15) is 0 Å². The minimum absolute atomic E-state index is 0.304. The van der Waals surface area contributed by atoms with Gasteiger partial charge in [-0.3, -0.25) is 0 Å². The number of aliphatic hydroxyl groups excluding tert-OH is 1. The van der Waals surface area contributed by atoms with Crippen molar-refractivity contribution in [2.45, 2.75) is 64.6 Å². The van der Waals surface area contributed by atoms with Crippen LogP contribution in [0, 0.1) is 17.3 Å². The van der Waals surface area contributed by atoms with Crippen molar-refractivity contribution in [1.82, 2.24) is 0 Å². The van der Waals surface area contributed by atoms with E-state index in [1.807, 2.05) is 13.8 Å². The molecule has 0 heterocycles. The van der Waals surface area contributed by atoms with E-state index in [4.69, 9.17) is 0 Å². The van der Waals surface area contributed by atoms with E-state index in [9.17, 15) is 10.2 Å². The van der Waals surface area contributed by atoms with Crippen LogP contribution in [-0.4, -0.2) is 21.9 Å². The van der Waals surface area contributed by atoms with Crippen LogP contribution in [0.1, 0.15) is 52.9 Å². The molecule has 2 fully saturated rings. The van der Waals surface area contributed by atoms with Gasteiger partial charge in [-0.15, -0.1) is 0 Å². The molecule has 2 aliphatic rings. The lowest BCUT2D eigenvalue weighted by Crippen LogP contribution is -2.46. The molecule has 2 nitrogen and oxygen atoms in total. The molecule has 4 atom stereocenters. The third kappa shape index (κ3) is 2.30. The second-order valence-corrected chi connectivity index (χ2v) is 6.96. The van der Waals surface area contributed by atoms with Gasteiger partial charge in [-0.25, -0.2) is 0 Å². The third-order valence-corrected chi connectivity index (χ3v) is 5.29. The van der Waals surface area contributed by atoms with E-state index in [0.29, 0.717) is 17.3 Å². The first kappa shape index (κ1) is 13.1. The molecule has 2 rings (SSSR count). The van der Waals surface area contributed by atoms with Crippen LogP contribution < -0.4 is 0 Å². The molecule has 2 heteroatoms. The Balaban J connectivity index is 2.18. The molecule has 0 saturated heterocycles. The van der Waals surface area contributed by atoms with Crippen molar-refractivity contribution < 1.29 is 10.2 Å². The summed E-state index contributed by atoms with van der Waals surface area (Å²) in [6, 6.07) is 0.